The lowest BCUT2D eigenvalue weighted by Gasteiger charge is -2.29. The normalized spacial score (nSPS) is 22.0. The minimum atomic E-state index is 0.856. The highest BCUT2D eigenvalue weighted by Crippen LogP contribution is 2.18. The van der Waals surface area contributed by atoms with Gasteiger partial charge in [0.1, 0.15) is 0 Å². The van der Waals surface area contributed by atoms with E-state index in [-0.39, 0.29) is 0 Å². The summed E-state index contributed by atoms with van der Waals surface area (Å²) in [6, 6.07) is 0.856. The zero-order valence-electron chi connectivity index (χ0n) is 12.7. The Morgan fingerprint density at radius 2 is 1.89 bits per heavy atom. The molecule has 1 N–H and O–H groups in total. The van der Waals surface area contributed by atoms with Gasteiger partial charge in [0, 0.05) is 19.1 Å². The van der Waals surface area contributed by atoms with Crippen molar-refractivity contribution in [2.24, 2.45) is 0 Å². The molecule has 1 atom stereocenters. The average Bonchev–Trinajstić information content (AvgIpc) is 2.62. The Morgan fingerprint density at radius 3 is 2.67 bits per heavy atom. The molecule has 1 saturated heterocycles. The van der Waals surface area contributed by atoms with Gasteiger partial charge in [0.2, 0.25) is 0 Å². The highest BCUT2D eigenvalue weighted by molar-refractivity contribution is 4.74. The van der Waals surface area contributed by atoms with Gasteiger partial charge in [-0.05, 0) is 38.8 Å². The van der Waals surface area contributed by atoms with E-state index in [1.165, 1.54) is 84.0 Å². The minimum Gasteiger partial charge on any atom is -0.315 e. The van der Waals surface area contributed by atoms with E-state index in [2.05, 4.69) is 24.1 Å². The third-order valence-corrected chi connectivity index (χ3v) is 4.25. The summed E-state index contributed by atoms with van der Waals surface area (Å²) in [4.78, 5) is 2.73. The average molecular weight is 254 g/mol. The lowest BCUT2D eigenvalue weighted by atomic mass is 10.1. The summed E-state index contributed by atoms with van der Waals surface area (Å²) in [5, 5.41) is 3.61. The monoisotopic (exact) mass is 254 g/mol. The highest BCUT2D eigenvalue weighted by Gasteiger charge is 2.18. The van der Waals surface area contributed by atoms with Crippen LogP contribution < -0.4 is 5.32 Å². The second-order valence-corrected chi connectivity index (χ2v) is 5.76. The van der Waals surface area contributed by atoms with Gasteiger partial charge >= 0.3 is 0 Å². The molecule has 0 aromatic carbocycles. The molecule has 108 valence electrons. The van der Waals surface area contributed by atoms with Crippen LogP contribution in [0, 0.1) is 0 Å². The van der Waals surface area contributed by atoms with Gasteiger partial charge in [0.15, 0.2) is 0 Å². The molecule has 2 heteroatoms. The van der Waals surface area contributed by atoms with Gasteiger partial charge < -0.3 is 5.32 Å². The first-order valence-electron chi connectivity index (χ1n) is 8.33. The van der Waals surface area contributed by atoms with Crippen LogP contribution in [0.3, 0.4) is 0 Å². The Hall–Kier alpha value is -0.0800. The second kappa shape index (κ2) is 10.8. The third kappa shape index (κ3) is 6.75. The Balaban J connectivity index is 2.05. The molecule has 1 fully saturated rings. The zero-order valence-corrected chi connectivity index (χ0v) is 12.7. The standard InChI is InChI=1S/C16H34N2/c1-3-5-6-9-12-17-13-15-18-14-10-7-8-11-16(18)4-2/h16-17H,3-15H2,1-2H3. The van der Waals surface area contributed by atoms with Gasteiger partial charge in [-0.1, -0.05) is 46.0 Å². The SMILES string of the molecule is CCCCCCNCCN1CCCCCC1CC. The number of unbranched alkanes of at least 4 members (excludes halogenated alkanes) is 3. The van der Waals surface area contributed by atoms with E-state index in [1.807, 2.05) is 0 Å². The topological polar surface area (TPSA) is 15.3 Å². The van der Waals surface area contributed by atoms with Gasteiger partial charge in [-0.2, -0.15) is 0 Å². The van der Waals surface area contributed by atoms with Crippen LogP contribution in [-0.4, -0.2) is 37.1 Å². The molecule has 1 aliphatic rings. The highest BCUT2D eigenvalue weighted by atomic mass is 15.2. The van der Waals surface area contributed by atoms with E-state index in [4.69, 9.17) is 0 Å². The molecule has 1 rings (SSSR count). The lowest BCUT2D eigenvalue weighted by molar-refractivity contribution is 0.195. The van der Waals surface area contributed by atoms with Gasteiger partial charge in [0.05, 0.1) is 0 Å². The first-order chi connectivity index (χ1) is 8.88. The molecular formula is C16H34N2. The number of nitrogens with zero attached hydrogens (tertiary/aromatic N) is 1. The van der Waals surface area contributed by atoms with Crippen molar-refractivity contribution in [1.29, 1.82) is 0 Å². The second-order valence-electron chi connectivity index (χ2n) is 5.76. The predicted molar refractivity (Wildman–Crippen MR) is 81.1 cm³/mol. The van der Waals surface area contributed by atoms with Crippen molar-refractivity contribution in [1.82, 2.24) is 10.2 Å². The van der Waals surface area contributed by atoms with E-state index < -0.39 is 0 Å². The Morgan fingerprint density at radius 1 is 1.00 bits per heavy atom. The summed E-state index contributed by atoms with van der Waals surface area (Å²) in [5.41, 5.74) is 0. The predicted octanol–water partition coefficient (Wildman–Crippen LogP) is 3.81. The number of nitrogens with one attached hydrogen (secondary N) is 1. The molecule has 0 aliphatic carbocycles. The number of likely N-dealkylation sites (tertiary alicyclic amines) is 1. The Bertz CT molecular complexity index is 182. The van der Waals surface area contributed by atoms with Crippen LogP contribution in [0.5, 0.6) is 0 Å². The Labute approximate surface area is 115 Å². The van der Waals surface area contributed by atoms with Crippen molar-refractivity contribution < 1.29 is 0 Å². The van der Waals surface area contributed by atoms with Gasteiger partial charge in [-0.25, -0.2) is 0 Å². The van der Waals surface area contributed by atoms with Crippen LogP contribution in [0.15, 0.2) is 0 Å². The lowest BCUT2D eigenvalue weighted by Crippen LogP contribution is -2.39. The van der Waals surface area contributed by atoms with Crippen molar-refractivity contribution in [3.05, 3.63) is 0 Å². The van der Waals surface area contributed by atoms with E-state index in [1.54, 1.807) is 0 Å². The number of rotatable bonds is 9. The summed E-state index contributed by atoms with van der Waals surface area (Å²) in [7, 11) is 0. The third-order valence-electron chi connectivity index (χ3n) is 4.25. The van der Waals surface area contributed by atoms with Crippen LogP contribution in [0.4, 0.5) is 0 Å². The van der Waals surface area contributed by atoms with Crippen molar-refractivity contribution >= 4 is 0 Å². The summed E-state index contributed by atoms with van der Waals surface area (Å²) >= 11 is 0. The fourth-order valence-electron chi connectivity index (χ4n) is 3.02. The van der Waals surface area contributed by atoms with E-state index >= 15 is 0 Å². The molecule has 0 saturated carbocycles. The summed E-state index contributed by atoms with van der Waals surface area (Å²) < 4.78 is 0. The van der Waals surface area contributed by atoms with E-state index in [0.29, 0.717) is 0 Å². The number of hydrogen-bond donors (Lipinski definition) is 1. The molecule has 1 aliphatic heterocycles. The zero-order chi connectivity index (χ0) is 13.1. The molecule has 18 heavy (non-hydrogen) atoms. The van der Waals surface area contributed by atoms with Crippen molar-refractivity contribution in [3.63, 3.8) is 0 Å². The fourth-order valence-corrected chi connectivity index (χ4v) is 3.02. The van der Waals surface area contributed by atoms with Crippen molar-refractivity contribution in [2.75, 3.05) is 26.2 Å². The maximum Gasteiger partial charge on any atom is 0.0110 e. The molecule has 2 nitrogen and oxygen atoms in total. The van der Waals surface area contributed by atoms with Gasteiger partial charge in [-0.15, -0.1) is 0 Å². The molecule has 0 radical (unpaired) electrons. The van der Waals surface area contributed by atoms with E-state index in [0.717, 1.165) is 6.04 Å². The van der Waals surface area contributed by atoms with Gasteiger partial charge in [-0.3, -0.25) is 4.90 Å². The summed E-state index contributed by atoms with van der Waals surface area (Å²) in [6.45, 7) is 9.61. The molecule has 0 amide bonds. The largest absolute Gasteiger partial charge is 0.315 e. The molecule has 1 heterocycles. The van der Waals surface area contributed by atoms with Crippen LogP contribution >= 0.6 is 0 Å². The van der Waals surface area contributed by atoms with E-state index in [9.17, 15) is 0 Å². The van der Waals surface area contributed by atoms with Crippen LogP contribution in [0.25, 0.3) is 0 Å². The molecule has 0 aromatic rings. The van der Waals surface area contributed by atoms with Crippen molar-refractivity contribution in [2.45, 2.75) is 77.7 Å². The molecular weight excluding hydrogens is 220 g/mol. The summed E-state index contributed by atoms with van der Waals surface area (Å²) in [5.74, 6) is 0. The van der Waals surface area contributed by atoms with Crippen LogP contribution in [0.2, 0.25) is 0 Å². The molecule has 0 aromatic heterocycles. The maximum absolute atomic E-state index is 3.61. The fraction of sp³-hybridized carbons (Fsp3) is 1.00. The van der Waals surface area contributed by atoms with Crippen LogP contribution in [0.1, 0.15) is 71.6 Å². The quantitative estimate of drug-likeness (QED) is 0.629. The first kappa shape index (κ1) is 16.0. The van der Waals surface area contributed by atoms with Crippen molar-refractivity contribution in [3.8, 4) is 0 Å². The van der Waals surface area contributed by atoms with Gasteiger partial charge in [0.25, 0.3) is 0 Å². The smallest absolute Gasteiger partial charge is 0.0110 e. The number of hydrogen-bond acceptors (Lipinski definition) is 2. The molecule has 0 bridgehead atoms. The summed E-state index contributed by atoms with van der Waals surface area (Å²) in [6.07, 6.45) is 12.5. The molecule has 0 spiro atoms. The van der Waals surface area contributed by atoms with Crippen LogP contribution in [-0.2, 0) is 0 Å². The molecule has 1 unspecified atom stereocenters. The maximum atomic E-state index is 3.61. The Kier molecular flexibility index (Phi) is 9.59. The first-order valence-corrected chi connectivity index (χ1v) is 8.33. The minimum absolute atomic E-state index is 0.856.